The maximum Gasteiger partial charge on any atom is 0.122 e. The van der Waals surface area contributed by atoms with Gasteiger partial charge in [0.2, 0.25) is 0 Å². The Morgan fingerprint density at radius 3 is 2.71 bits per heavy atom. The molecule has 2 rings (SSSR count). The van der Waals surface area contributed by atoms with Crippen LogP contribution < -0.4 is 15.8 Å². The number of ether oxygens (including phenoxy) is 1. The average Bonchev–Trinajstić information content (AvgIpc) is 2.85. The van der Waals surface area contributed by atoms with Gasteiger partial charge < -0.3 is 15.8 Å². The van der Waals surface area contributed by atoms with Crippen molar-refractivity contribution in [2.75, 3.05) is 13.7 Å². The van der Waals surface area contributed by atoms with Gasteiger partial charge in [0.25, 0.3) is 0 Å². The first kappa shape index (κ1) is 12.4. The number of nitrogens with two attached hydrogens (primary N) is 1. The maximum absolute atomic E-state index is 6.36. The second-order valence-electron chi connectivity index (χ2n) is 4.84. The van der Waals surface area contributed by atoms with Crippen LogP contribution in [0.2, 0.25) is 0 Å². The van der Waals surface area contributed by atoms with Crippen molar-refractivity contribution in [2.45, 2.75) is 38.8 Å². The number of methoxy groups -OCH3 is 1. The van der Waals surface area contributed by atoms with E-state index in [1.165, 1.54) is 29.5 Å². The van der Waals surface area contributed by atoms with Crippen LogP contribution in [0.15, 0.2) is 12.1 Å². The SMILES string of the molecule is COc1ccc(C(N)C2CCCN2)c(C)c1C. The highest BCUT2D eigenvalue weighted by atomic mass is 16.5. The summed E-state index contributed by atoms with van der Waals surface area (Å²) in [5.74, 6) is 0.942. The second kappa shape index (κ2) is 5.07. The van der Waals surface area contributed by atoms with Crippen molar-refractivity contribution in [1.29, 1.82) is 0 Å². The van der Waals surface area contributed by atoms with Crippen LogP contribution in [0.5, 0.6) is 5.75 Å². The van der Waals surface area contributed by atoms with Crippen molar-refractivity contribution >= 4 is 0 Å². The highest BCUT2D eigenvalue weighted by molar-refractivity contribution is 5.45. The largest absolute Gasteiger partial charge is 0.496 e. The summed E-state index contributed by atoms with van der Waals surface area (Å²) < 4.78 is 5.33. The minimum absolute atomic E-state index is 0.0853. The molecule has 0 amide bonds. The smallest absolute Gasteiger partial charge is 0.122 e. The number of hydrogen-bond donors (Lipinski definition) is 2. The van der Waals surface area contributed by atoms with Gasteiger partial charge in [-0.25, -0.2) is 0 Å². The summed E-state index contributed by atoms with van der Waals surface area (Å²) >= 11 is 0. The van der Waals surface area contributed by atoms with Gasteiger partial charge in [-0.3, -0.25) is 0 Å². The van der Waals surface area contributed by atoms with Crippen molar-refractivity contribution in [3.8, 4) is 5.75 Å². The molecule has 0 saturated carbocycles. The summed E-state index contributed by atoms with van der Waals surface area (Å²) in [6.07, 6.45) is 2.40. The van der Waals surface area contributed by atoms with Gasteiger partial charge in [0.05, 0.1) is 7.11 Å². The Morgan fingerprint density at radius 1 is 1.35 bits per heavy atom. The van der Waals surface area contributed by atoms with Crippen LogP contribution in [0.3, 0.4) is 0 Å². The lowest BCUT2D eigenvalue weighted by Gasteiger charge is -2.23. The molecule has 2 atom stereocenters. The first-order chi connectivity index (χ1) is 8.15. The minimum atomic E-state index is 0.0853. The van der Waals surface area contributed by atoms with Crippen LogP contribution in [0.1, 0.15) is 35.6 Å². The van der Waals surface area contributed by atoms with Gasteiger partial charge in [0, 0.05) is 12.1 Å². The first-order valence-corrected chi connectivity index (χ1v) is 6.28. The lowest BCUT2D eigenvalue weighted by Crippen LogP contribution is -2.34. The Morgan fingerprint density at radius 2 is 2.12 bits per heavy atom. The van der Waals surface area contributed by atoms with Crippen LogP contribution in [-0.4, -0.2) is 19.7 Å². The fourth-order valence-electron chi connectivity index (χ4n) is 2.63. The van der Waals surface area contributed by atoms with E-state index in [0.717, 1.165) is 12.3 Å². The summed E-state index contributed by atoms with van der Waals surface area (Å²) in [6.45, 7) is 5.31. The van der Waals surface area contributed by atoms with Crippen molar-refractivity contribution in [1.82, 2.24) is 5.32 Å². The number of benzene rings is 1. The van der Waals surface area contributed by atoms with Gasteiger partial charge >= 0.3 is 0 Å². The van der Waals surface area contributed by atoms with Crippen LogP contribution in [0.4, 0.5) is 0 Å². The molecule has 0 aromatic heterocycles. The molecule has 3 N–H and O–H groups in total. The zero-order valence-corrected chi connectivity index (χ0v) is 10.9. The topological polar surface area (TPSA) is 47.3 Å². The highest BCUT2D eigenvalue weighted by Gasteiger charge is 2.24. The van der Waals surface area contributed by atoms with Gasteiger partial charge in [-0.15, -0.1) is 0 Å². The van der Waals surface area contributed by atoms with Gasteiger partial charge in [-0.1, -0.05) is 6.07 Å². The van der Waals surface area contributed by atoms with Gasteiger partial charge in [0.1, 0.15) is 5.75 Å². The molecule has 0 bridgehead atoms. The predicted octanol–water partition coefficient (Wildman–Crippen LogP) is 2.06. The van der Waals surface area contributed by atoms with Gasteiger partial charge in [0.15, 0.2) is 0 Å². The third-order valence-corrected chi connectivity index (χ3v) is 3.89. The third-order valence-electron chi connectivity index (χ3n) is 3.89. The monoisotopic (exact) mass is 234 g/mol. The molecule has 1 heterocycles. The standard InChI is InChI=1S/C14H22N2O/c1-9-10(2)13(17-3)7-6-11(9)14(15)12-5-4-8-16-12/h6-7,12,14,16H,4-5,8,15H2,1-3H3. The van der Waals surface area contributed by atoms with E-state index >= 15 is 0 Å². The molecular weight excluding hydrogens is 212 g/mol. The molecule has 17 heavy (non-hydrogen) atoms. The molecule has 94 valence electrons. The Bertz CT molecular complexity index is 397. The first-order valence-electron chi connectivity index (χ1n) is 6.28. The van der Waals surface area contributed by atoms with E-state index in [1.807, 2.05) is 6.07 Å². The van der Waals surface area contributed by atoms with E-state index < -0.39 is 0 Å². The van der Waals surface area contributed by atoms with E-state index in [-0.39, 0.29) is 6.04 Å². The maximum atomic E-state index is 6.36. The Kier molecular flexibility index (Phi) is 3.69. The zero-order valence-electron chi connectivity index (χ0n) is 10.9. The summed E-state index contributed by atoms with van der Waals surface area (Å²) in [6, 6.07) is 4.63. The molecule has 1 aliphatic heterocycles. The van der Waals surface area contributed by atoms with Crippen molar-refractivity contribution in [2.24, 2.45) is 5.73 Å². The number of hydrogen-bond acceptors (Lipinski definition) is 3. The fourth-order valence-corrected chi connectivity index (χ4v) is 2.63. The van der Waals surface area contributed by atoms with E-state index in [9.17, 15) is 0 Å². The Labute approximate surface area is 103 Å². The van der Waals surface area contributed by atoms with Crippen molar-refractivity contribution < 1.29 is 4.74 Å². The second-order valence-corrected chi connectivity index (χ2v) is 4.84. The van der Waals surface area contributed by atoms with E-state index in [2.05, 4.69) is 25.2 Å². The van der Waals surface area contributed by atoms with Crippen molar-refractivity contribution in [3.05, 3.63) is 28.8 Å². The van der Waals surface area contributed by atoms with Gasteiger partial charge in [-0.05, 0) is 56.0 Å². The van der Waals surface area contributed by atoms with Crippen LogP contribution >= 0.6 is 0 Å². The van der Waals surface area contributed by atoms with Gasteiger partial charge in [-0.2, -0.15) is 0 Å². The average molecular weight is 234 g/mol. The van der Waals surface area contributed by atoms with Crippen LogP contribution in [0.25, 0.3) is 0 Å². The summed E-state index contributed by atoms with van der Waals surface area (Å²) in [7, 11) is 1.71. The molecule has 3 nitrogen and oxygen atoms in total. The molecule has 0 radical (unpaired) electrons. The van der Waals surface area contributed by atoms with E-state index in [1.54, 1.807) is 7.11 Å². The summed E-state index contributed by atoms with van der Waals surface area (Å²) in [5.41, 5.74) is 10.0. The lowest BCUT2D eigenvalue weighted by molar-refractivity contribution is 0.410. The predicted molar refractivity (Wildman–Crippen MR) is 70.4 cm³/mol. The number of nitrogens with one attached hydrogen (secondary N) is 1. The lowest BCUT2D eigenvalue weighted by atomic mass is 9.92. The normalized spacial score (nSPS) is 21.5. The van der Waals surface area contributed by atoms with Crippen LogP contribution in [-0.2, 0) is 0 Å². The van der Waals surface area contributed by atoms with E-state index in [4.69, 9.17) is 10.5 Å². The van der Waals surface area contributed by atoms with Crippen LogP contribution in [0, 0.1) is 13.8 Å². The molecule has 1 fully saturated rings. The molecule has 0 aliphatic carbocycles. The third kappa shape index (κ3) is 2.31. The molecule has 3 heteroatoms. The quantitative estimate of drug-likeness (QED) is 0.841. The molecule has 1 aromatic carbocycles. The molecule has 1 aromatic rings. The molecule has 1 aliphatic rings. The zero-order chi connectivity index (χ0) is 12.4. The van der Waals surface area contributed by atoms with Crippen molar-refractivity contribution in [3.63, 3.8) is 0 Å². The Balaban J connectivity index is 2.29. The fraction of sp³-hybridized carbons (Fsp3) is 0.571. The summed E-state index contributed by atoms with van der Waals surface area (Å²) in [4.78, 5) is 0. The summed E-state index contributed by atoms with van der Waals surface area (Å²) in [5, 5.41) is 3.47. The molecule has 0 spiro atoms. The molecular formula is C14H22N2O. The molecule has 1 saturated heterocycles. The Hall–Kier alpha value is -1.06. The minimum Gasteiger partial charge on any atom is -0.496 e. The van der Waals surface area contributed by atoms with E-state index in [0.29, 0.717) is 6.04 Å². The highest BCUT2D eigenvalue weighted by Crippen LogP contribution is 2.29. The molecule has 2 unspecified atom stereocenters. The number of rotatable bonds is 3.